The summed E-state index contributed by atoms with van der Waals surface area (Å²) < 4.78 is 11.6. The van der Waals surface area contributed by atoms with E-state index in [1.807, 2.05) is 19.9 Å². The largest absolute Gasteiger partial charge is 0.493 e. The van der Waals surface area contributed by atoms with Crippen molar-refractivity contribution in [2.24, 2.45) is 5.73 Å². The van der Waals surface area contributed by atoms with Crippen molar-refractivity contribution in [2.75, 3.05) is 27.2 Å². The molecule has 1 saturated heterocycles. The van der Waals surface area contributed by atoms with E-state index in [2.05, 4.69) is 24.1 Å². The van der Waals surface area contributed by atoms with Gasteiger partial charge in [-0.3, -0.25) is 0 Å². The Hall–Kier alpha value is -1.26. The van der Waals surface area contributed by atoms with Gasteiger partial charge in [-0.25, -0.2) is 0 Å². The minimum absolute atomic E-state index is 0.225. The first-order chi connectivity index (χ1) is 9.87. The zero-order valence-corrected chi connectivity index (χ0v) is 13.7. The zero-order valence-electron chi connectivity index (χ0n) is 13.7. The Morgan fingerprint density at radius 3 is 2.71 bits per heavy atom. The molecule has 0 aromatic heterocycles. The average Bonchev–Trinajstić information content (AvgIpc) is 2.37. The fourth-order valence-corrected chi connectivity index (χ4v) is 2.84. The number of hydrogen-bond donors (Lipinski definition) is 1. The average molecular weight is 292 g/mol. The minimum atomic E-state index is -0.225. The molecule has 1 fully saturated rings. The summed E-state index contributed by atoms with van der Waals surface area (Å²) in [7, 11) is 3.82. The number of nitrogens with two attached hydrogens (primary N) is 1. The number of piperidine rings is 1. The molecule has 2 rings (SSSR count). The van der Waals surface area contributed by atoms with Crippen molar-refractivity contribution in [3.05, 3.63) is 23.8 Å². The lowest BCUT2D eigenvalue weighted by Crippen LogP contribution is -2.38. The first-order valence-corrected chi connectivity index (χ1v) is 7.68. The second-order valence-electron chi connectivity index (χ2n) is 6.79. The topological polar surface area (TPSA) is 47.7 Å². The lowest BCUT2D eigenvalue weighted by molar-refractivity contribution is 0.101. The SMILES string of the molecule is COc1ccc(CC(C)(C)N)cc1OC1CCCN(C)C1. The number of likely N-dealkylation sites (tertiary alicyclic amines) is 1. The monoisotopic (exact) mass is 292 g/mol. The second kappa shape index (κ2) is 6.67. The standard InChI is InChI=1S/C17H28N2O2/c1-17(2,18)11-13-7-8-15(20-4)16(10-13)21-14-6-5-9-19(3)12-14/h7-8,10,14H,5-6,9,11-12,18H2,1-4H3. The second-order valence-corrected chi connectivity index (χ2v) is 6.79. The predicted molar refractivity (Wildman–Crippen MR) is 86.1 cm³/mol. The van der Waals surface area contributed by atoms with Gasteiger partial charge in [-0.1, -0.05) is 6.07 Å². The lowest BCUT2D eigenvalue weighted by Gasteiger charge is -2.30. The van der Waals surface area contributed by atoms with Crippen LogP contribution in [0.5, 0.6) is 11.5 Å². The van der Waals surface area contributed by atoms with Crippen molar-refractivity contribution in [3.8, 4) is 11.5 Å². The molecule has 1 heterocycles. The van der Waals surface area contributed by atoms with Crippen LogP contribution < -0.4 is 15.2 Å². The molecule has 0 amide bonds. The highest BCUT2D eigenvalue weighted by atomic mass is 16.5. The molecule has 1 atom stereocenters. The van der Waals surface area contributed by atoms with Gasteiger partial charge in [0.15, 0.2) is 11.5 Å². The van der Waals surface area contributed by atoms with E-state index < -0.39 is 0 Å². The van der Waals surface area contributed by atoms with Crippen molar-refractivity contribution in [3.63, 3.8) is 0 Å². The Morgan fingerprint density at radius 2 is 2.10 bits per heavy atom. The number of rotatable bonds is 5. The van der Waals surface area contributed by atoms with Crippen molar-refractivity contribution in [1.82, 2.24) is 4.90 Å². The molecule has 21 heavy (non-hydrogen) atoms. The molecule has 0 aliphatic carbocycles. The highest BCUT2D eigenvalue weighted by Gasteiger charge is 2.21. The maximum atomic E-state index is 6.20. The molecule has 1 aromatic rings. The van der Waals surface area contributed by atoms with Crippen LogP contribution in [0.1, 0.15) is 32.3 Å². The summed E-state index contributed by atoms with van der Waals surface area (Å²) >= 11 is 0. The summed E-state index contributed by atoms with van der Waals surface area (Å²) in [6.45, 7) is 6.19. The van der Waals surface area contributed by atoms with Crippen molar-refractivity contribution in [2.45, 2.75) is 44.8 Å². The van der Waals surface area contributed by atoms with Gasteiger partial charge < -0.3 is 20.1 Å². The van der Waals surface area contributed by atoms with Gasteiger partial charge in [0.25, 0.3) is 0 Å². The Labute approximate surface area is 128 Å². The molecular formula is C17H28N2O2. The van der Waals surface area contributed by atoms with Gasteiger partial charge in [-0.15, -0.1) is 0 Å². The summed E-state index contributed by atoms with van der Waals surface area (Å²) in [5.41, 5.74) is 7.07. The van der Waals surface area contributed by atoms with Gasteiger partial charge >= 0.3 is 0 Å². The molecule has 0 saturated carbocycles. The van der Waals surface area contributed by atoms with E-state index in [9.17, 15) is 0 Å². The molecule has 1 aromatic carbocycles. The number of likely N-dealkylation sites (N-methyl/N-ethyl adjacent to an activating group) is 1. The molecular weight excluding hydrogens is 264 g/mol. The summed E-state index contributed by atoms with van der Waals surface area (Å²) in [5.74, 6) is 1.63. The van der Waals surface area contributed by atoms with E-state index in [1.54, 1.807) is 7.11 Å². The number of ether oxygens (including phenoxy) is 2. The summed E-state index contributed by atoms with van der Waals surface area (Å²) in [5, 5.41) is 0. The van der Waals surface area contributed by atoms with Crippen LogP contribution in [0, 0.1) is 0 Å². The third-order valence-electron chi connectivity index (χ3n) is 3.76. The molecule has 0 bridgehead atoms. The van der Waals surface area contributed by atoms with Gasteiger partial charge in [0, 0.05) is 12.1 Å². The maximum absolute atomic E-state index is 6.20. The zero-order chi connectivity index (χ0) is 15.5. The highest BCUT2D eigenvalue weighted by molar-refractivity contribution is 5.43. The normalized spacial score (nSPS) is 20.3. The number of benzene rings is 1. The Kier molecular flexibility index (Phi) is 5.12. The van der Waals surface area contributed by atoms with Crippen molar-refractivity contribution in [1.29, 1.82) is 0 Å². The Bertz CT molecular complexity index is 468. The van der Waals surface area contributed by atoms with Gasteiger partial charge in [-0.2, -0.15) is 0 Å². The first kappa shape index (κ1) is 16.1. The van der Waals surface area contributed by atoms with E-state index in [4.69, 9.17) is 15.2 Å². The van der Waals surface area contributed by atoms with Gasteiger partial charge in [0.2, 0.25) is 0 Å². The first-order valence-electron chi connectivity index (χ1n) is 7.68. The van der Waals surface area contributed by atoms with Crippen LogP contribution in [-0.2, 0) is 6.42 Å². The number of hydrogen-bond acceptors (Lipinski definition) is 4. The number of nitrogens with zero attached hydrogens (tertiary/aromatic N) is 1. The van der Waals surface area contributed by atoms with E-state index in [0.717, 1.165) is 37.4 Å². The lowest BCUT2D eigenvalue weighted by atomic mass is 9.96. The molecule has 4 nitrogen and oxygen atoms in total. The van der Waals surface area contributed by atoms with Gasteiger partial charge in [0.05, 0.1) is 7.11 Å². The fraction of sp³-hybridized carbons (Fsp3) is 0.647. The summed E-state index contributed by atoms with van der Waals surface area (Å²) in [4.78, 5) is 2.31. The Balaban J connectivity index is 2.13. The van der Waals surface area contributed by atoms with E-state index in [-0.39, 0.29) is 11.6 Å². The Morgan fingerprint density at radius 1 is 1.33 bits per heavy atom. The number of methoxy groups -OCH3 is 1. The van der Waals surface area contributed by atoms with Gasteiger partial charge in [-0.05, 0) is 64.4 Å². The van der Waals surface area contributed by atoms with Crippen LogP contribution in [0.4, 0.5) is 0 Å². The molecule has 1 unspecified atom stereocenters. The molecule has 1 aliphatic heterocycles. The van der Waals surface area contributed by atoms with Crippen LogP contribution in [-0.4, -0.2) is 43.8 Å². The fourth-order valence-electron chi connectivity index (χ4n) is 2.84. The predicted octanol–water partition coefficient (Wildman–Crippen LogP) is 2.45. The van der Waals surface area contributed by atoms with Crippen LogP contribution in [0.2, 0.25) is 0 Å². The minimum Gasteiger partial charge on any atom is -0.493 e. The van der Waals surface area contributed by atoms with Crippen LogP contribution >= 0.6 is 0 Å². The third-order valence-corrected chi connectivity index (χ3v) is 3.76. The molecule has 0 radical (unpaired) electrons. The van der Waals surface area contributed by atoms with Crippen molar-refractivity contribution >= 4 is 0 Å². The highest BCUT2D eigenvalue weighted by Crippen LogP contribution is 2.31. The van der Waals surface area contributed by atoms with Crippen LogP contribution in [0.15, 0.2) is 18.2 Å². The van der Waals surface area contributed by atoms with Crippen LogP contribution in [0.3, 0.4) is 0 Å². The van der Waals surface area contributed by atoms with E-state index >= 15 is 0 Å². The van der Waals surface area contributed by atoms with E-state index in [1.165, 1.54) is 12.0 Å². The molecule has 1 aliphatic rings. The van der Waals surface area contributed by atoms with Gasteiger partial charge in [0.1, 0.15) is 6.10 Å². The smallest absolute Gasteiger partial charge is 0.161 e. The maximum Gasteiger partial charge on any atom is 0.161 e. The third kappa shape index (κ3) is 4.90. The quantitative estimate of drug-likeness (QED) is 0.905. The molecule has 2 N–H and O–H groups in total. The summed E-state index contributed by atoms with van der Waals surface area (Å²) in [6, 6.07) is 6.11. The molecule has 0 spiro atoms. The molecule has 4 heteroatoms. The van der Waals surface area contributed by atoms with Crippen molar-refractivity contribution < 1.29 is 9.47 Å². The molecule has 118 valence electrons. The van der Waals surface area contributed by atoms with E-state index in [0.29, 0.717) is 0 Å². The summed E-state index contributed by atoms with van der Waals surface area (Å²) in [6.07, 6.45) is 3.33. The van der Waals surface area contributed by atoms with Crippen LogP contribution in [0.25, 0.3) is 0 Å².